The van der Waals surface area contributed by atoms with Crippen LogP contribution < -0.4 is 15.0 Å². The van der Waals surface area contributed by atoms with Gasteiger partial charge >= 0.3 is 0 Å². The lowest BCUT2D eigenvalue weighted by Crippen LogP contribution is -2.22. The average molecular weight is 390 g/mol. The van der Waals surface area contributed by atoms with Gasteiger partial charge in [-0.25, -0.2) is 9.97 Å². The maximum atomic E-state index is 12.5. The number of amides is 1. The van der Waals surface area contributed by atoms with Crippen molar-refractivity contribution in [2.75, 3.05) is 23.8 Å². The first-order valence-electron chi connectivity index (χ1n) is 9.78. The van der Waals surface area contributed by atoms with Crippen LogP contribution in [0.3, 0.4) is 0 Å². The van der Waals surface area contributed by atoms with Crippen LogP contribution in [0.2, 0.25) is 0 Å². The van der Waals surface area contributed by atoms with Crippen LogP contribution in [0.25, 0.3) is 0 Å². The molecule has 0 aliphatic carbocycles. The molecule has 0 saturated carbocycles. The zero-order chi connectivity index (χ0) is 20.5. The van der Waals surface area contributed by atoms with Gasteiger partial charge in [0.2, 0.25) is 5.95 Å². The van der Waals surface area contributed by atoms with Crippen LogP contribution in [0, 0.1) is 0 Å². The zero-order valence-electron chi connectivity index (χ0n) is 16.8. The molecular weight excluding hydrogens is 364 g/mol. The lowest BCUT2D eigenvalue weighted by atomic mass is 10.2. The number of hydrogen-bond donors (Lipinski definition) is 1. The number of unbranched alkanes of at least 4 members (excludes halogenated alkanes) is 1. The van der Waals surface area contributed by atoms with Gasteiger partial charge in [-0.3, -0.25) is 4.79 Å². The normalized spacial score (nSPS) is 10.4. The van der Waals surface area contributed by atoms with Gasteiger partial charge in [0.1, 0.15) is 18.1 Å². The molecule has 1 aromatic heterocycles. The van der Waals surface area contributed by atoms with E-state index in [0.717, 1.165) is 30.7 Å². The van der Waals surface area contributed by atoms with Crippen LogP contribution in [0.4, 0.5) is 11.6 Å². The monoisotopic (exact) mass is 390 g/mol. The van der Waals surface area contributed by atoms with Crippen molar-refractivity contribution < 1.29 is 9.53 Å². The third-order valence-electron chi connectivity index (χ3n) is 4.42. The highest BCUT2D eigenvalue weighted by molar-refractivity contribution is 6.03. The third kappa shape index (κ3) is 6.04. The molecule has 0 radical (unpaired) electrons. The molecule has 0 aliphatic heterocycles. The minimum Gasteiger partial charge on any atom is -0.489 e. The lowest BCUT2D eigenvalue weighted by Gasteiger charge is -2.16. The fourth-order valence-electron chi connectivity index (χ4n) is 2.72. The van der Waals surface area contributed by atoms with E-state index in [2.05, 4.69) is 22.2 Å². The Hall–Kier alpha value is -3.41. The molecule has 29 heavy (non-hydrogen) atoms. The van der Waals surface area contributed by atoms with E-state index in [9.17, 15) is 4.79 Å². The highest BCUT2D eigenvalue weighted by atomic mass is 16.5. The molecule has 2 aromatic carbocycles. The van der Waals surface area contributed by atoms with Gasteiger partial charge in [0.25, 0.3) is 5.91 Å². The Morgan fingerprint density at radius 2 is 1.83 bits per heavy atom. The second-order valence-corrected chi connectivity index (χ2v) is 6.77. The van der Waals surface area contributed by atoms with Gasteiger partial charge in [-0.1, -0.05) is 43.7 Å². The van der Waals surface area contributed by atoms with Gasteiger partial charge in [-0.05, 0) is 42.3 Å². The molecule has 3 aromatic rings. The highest BCUT2D eigenvalue weighted by Crippen LogP contribution is 2.18. The number of aromatic nitrogens is 2. The Balaban J connectivity index is 1.57. The molecule has 0 atom stereocenters. The summed E-state index contributed by atoms with van der Waals surface area (Å²) >= 11 is 0. The van der Waals surface area contributed by atoms with E-state index in [4.69, 9.17) is 4.74 Å². The Morgan fingerprint density at radius 3 is 2.55 bits per heavy atom. The largest absolute Gasteiger partial charge is 0.489 e. The van der Waals surface area contributed by atoms with Crippen molar-refractivity contribution in [3.8, 4) is 5.75 Å². The van der Waals surface area contributed by atoms with E-state index in [1.54, 1.807) is 12.3 Å². The van der Waals surface area contributed by atoms with Crippen molar-refractivity contribution >= 4 is 17.5 Å². The van der Waals surface area contributed by atoms with Crippen LogP contribution in [-0.2, 0) is 6.61 Å². The Morgan fingerprint density at radius 1 is 1.07 bits per heavy atom. The van der Waals surface area contributed by atoms with Crippen molar-refractivity contribution in [1.82, 2.24) is 9.97 Å². The maximum Gasteiger partial charge on any atom is 0.274 e. The number of benzene rings is 2. The molecule has 1 amide bonds. The summed E-state index contributed by atoms with van der Waals surface area (Å²) in [6, 6.07) is 18.9. The number of ether oxygens (including phenoxy) is 1. The molecule has 0 spiro atoms. The highest BCUT2D eigenvalue weighted by Gasteiger charge is 2.11. The van der Waals surface area contributed by atoms with Crippen LogP contribution in [-0.4, -0.2) is 29.5 Å². The standard InChI is InChI=1S/C23H26N4O2/c1-3-4-16-27(2)23-24-15-14-21(26-23)22(28)25-19-10-12-20(13-11-19)29-17-18-8-6-5-7-9-18/h5-15H,3-4,16-17H2,1-2H3,(H,25,28). The second-order valence-electron chi connectivity index (χ2n) is 6.77. The van der Waals surface area contributed by atoms with E-state index in [0.29, 0.717) is 23.9 Å². The SMILES string of the molecule is CCCCN(C)c1nccc(C(=O)Nc2ccc(OCc3ccccc3)cc2)n1. The Kier molecular flexibility index (Phi) is 7.16. The quantitative estimate of drug-likeness (QED) is 0.581. The van der Waals surface area contributed by atoms with E-state index in [1.165, 1.54) is 0 Å². The summed E-state index contributed by atoms with van der Waals surface area (Å²) in [7, 11) is 1.93. The van der Waals surface area contributed by atoms with E-state index in [1.807, 2.05) is 66.5 Å². The maximum absolute atomic E-state index is 12.5. The molecule has 0 unspecified atom stereocenters. The molecule has 0 aliphatic rings. The number of carbonyl (C=O) groups is 1. The van der Waals surface area contributed by atoms with Crippen molar-refractivity contribution in [1.29, 1.82) is 0 Å². The summed E-state index contributed by atoms with van der Waals surface area (Å²) in [6.45, 7) is 3.49. The van der Waals surface area contributed by atoms with Gasteiger partial charge in [-0.2, -0.15) is 0 Å². The lowest BCUT2D eigenvalue weighted by molar-refractivity contribution is 0.102. The third-order valence-corrected chi connectivity index (χ3v) is 4.42. The minimum atomic E-state index is -0.268. The summed E-state index contributed by atoms with van der Waals surface area (Å²) < 4.78 is 5.77. The molecule has 6 nitrogen and oxygen atoms in total. The van der Waals surface area contributed by atoms with E-state index < -0.39 is 0 Å². The molecule has 0 bridgehead atoms. The first-order valence-corrected chi connectivity index (χ1v) is 9.78. The van der Waals surface area contributed by atoms with E-state index in [-0.39, 0.29) is 5.91 Å². The van der Waals surface area contributed by atoms with Gasteiger partial charge < -0.3 is 15.0 Å². The molecule has 150 valence electrons. The molecule has 1 N–H and O–H groups in total. The van der Waals surface area contributed by atoms with Crippen molar-refractivity contribution in [2.45, 2.75) is 26.4 Å². The van der Waals surface area contributed by atoms with Gasteiger partial charge in [0.15, 0.2) is 0 Å². The molecule has 0 fully saturated rings. The number of carbonyl (C=O) groups excluding carboxylic acids is 1. The van der Waals surface area contributed by atoms with Crippen molar-refractivity contribution in [2.24, 2.45) is 0 Å². The fraction of sp³-hybridized carbons (Fsp3) is 0.261. The molecule has 0 saturated heterocycles. The number of rotatable bonds is 9. The molecule has 1 heterocycles. The number of nitrogens with zero attached hydrogens (tertiary/aromatic N) is 3. The van der Waals surface area contributed by atoms with Gasteiger partial charge in [0, 0.05) is 25.5 Å². The number of hydrogen-bond acceptors (Lipinski definition) is 5. The Labute approximate surface area is 171 Å². The predicted octanol–water partition coefficient (Wildman–Crippen LogP) is 4.54. The smallest absolute Gasteiger partial charge is 0.274 e. The van der Waals surface area contributed by atoms with Gasteiger partial charge in [-0.15, -0.1) is 0 Å². The van der Waals surface area contributed by atoms with E-state index >= 15 is 0 Å². The summed E-state index contributed by atoms with van der Waals surface area (Å²) in [4.78, 5) is 23.1. The summed E-state index contributed by atoms with van der Waals surface area (Å²) in [5.74, 6) is 1.03. The molecule has 6 heteroatoms. The summed E-state index contributed by atoms with van der Waals surface area (Å²) in [6.07, 6.45) is 3.75. The second kappa shape index (κ2) is 10.2. The minimum absolute atomic E-state index is 0.268. The fourth-order valence-corrected chi connectivity index (χ4v) is 2.72. The van der Waals surface area contributed by atoms with Crippen molar-refractivity contribution in [3.63, 3.8) is 0 Å². The van der Waals surface area contributed by atoms with Crippen LogP contribution >= 0.6 is 0 Å². The topological polar surface area (TPSA) is 67.4 Å². The van der Waals surface area contributed by atoms with Crippen molar-refractivity contribution in [3.05, 3.63) is 78.1 Å². The van der Waals surface area contributed by atoms with Gasteiger partial charge in [0.05, 0.1) is 0 Å². The van der Waals surface area contributed by atoms with Crippen LogP contribution in [0.1, 0.15) is 35.8 Å². The predicted molar refractivity (Wildman–Crippen MR) is 115 cm³/mol. The molecular formula is C23H26N4O2. The summed E-state index contributed by atoms with van der Waals surface area (Å²) in [5.41, 5.74) is 2.12. The molecule has 3 rings (SSSR count). The first-order chi connectivity index (χ1) is 14.2. The number of nitrogens with one attached hydrogen (secondary N) is 1. The number of anilines is 2. The average Bonchev–Trinajstić information content (AvgIpc) is 2.77. The summed E-state index contributed by atoms with van der Waals surface area (Å²) in [5, 5.41) is 2.87. The zero-order valence-corrected chi connectivity index (χ0v) is 16.8. The Bertz CT molecular complexity index is 914. The first kappa shape index (κ1) is 20.3. The van der Waals surface area contributed by atoms with Crippen LogP contribution in [0.5, 0.6) is 5.75 Å². The van der Waals surface area contributed by atoms with Crippen LogP contribution in [0.15, 0.2) is 66.9 Å².